The van der Waals surface area contributed by atoms with Gasteiger partial charge in [0.05, 0.1) is 17.7 Å². The molecule has 7 nitrogen and oxygen atoms in total. The van der Waals surface area contributed by atoms with Crippen LogP contribution in [0.25, 0.3) is 22.2 Å². The molecule has 1 aliphatic heterocycles. The highest BCUT2D eigenvalue weighted by molar-refractivity contribution is 5.96. The van der Waals surface area contributed by atoms with Gasteiger partial charge in [0.25, 0.3) is 5.91 Å². The fourth-order valence-corrected chi connectivity index (χ4v) is 4.44. The van der Waals surface area contributed by atoms with Crippen molar-refractivity contribution in [3.8, 4) is 11.3 Å². The van der Waals surface area contributed by atoms with Crippen LogP contribution < -0.4 is 5.32 Å². The van der Waals surface area contributed by atoms with Crippen LogP contribution in [0.15, 0.2) is 67.0 Å². The number of rotatable bonds is 5. The lowest BCUT2D eigenvalue weighted by Crippen LogP contribution is -2.43. The summed E-state index contributed by atoms with van der Waals surface area (Å²) in [4.78, 5) is 31.1. The van der Waals surface area contributed by atoms with E-state index in [4.69, 9.17) is 0 Å². The second-order valence-electron chi connectivity index (χ2n) is 8.52. The van der Waals surface area contributed by atoms with Gasteiger partial charge in [0, 0.05) is 53.7 Å². The van der Waals surface area contributed by atoms with Crippen molar-refractivity contribution in [1.82, 2.24) is 19.7 Å². The van der Waals surface area contributed by atoms with Gasteiger partial charge >= 0.3 is 0 Å². The van der Waals surface area contributed by atoms with E-state index < -0.39 is 0 Å². The van der Waals surface area contributed by atoms with Crippen LogP contribution in [0.5, 0.6) is 0 Å². The van der Waals surface area contributed by atoms with Crippen LogP contribution in [-0.4, -0.2) is 44.6 Å². The normalized spacial score (nSPS) is 16.2. The number of nitrogens with zero attached hydrogens (tertiary/aromatic N) is 3. The fraction of sp³-hybridized carbons (Fsp3) is 0.269. The second kappa shape index (κ2) is 8.94. The molecule has 2 aromatic carbocycles. The first-order valence-corrected chi connectivity index (χ1v) is 11.4. The first-order chi connectivity index (χ1) is 16.1. The first-order valence-electron chi connectivity index (χ1n) is 11.4. The second-order valence-corrected chi connectivity index (χ2v) is 8.52. The molecule has 33 heavy (non-hydrogen) atoms. The van der Waals surface area contributed by atoms with Crippen LogP contribution in [0.2, 0.25) is 0 Å². The highest BCUT2D eigenvalue weighted by Crippen LogP contribution is 2.27. The first kappa shape index (κ1) is 21.0. The Morgan fingerprint density at radius 3 is 2.85 bits per heavy atom. The van der Waals surface area contributed by atoms with Crippen molar-refractivity contribution >= 4 is 28.4 Å². The highest BCUT2D eigenvalue weighted by Gasteiger charge is 2.29. The van der Waals surface area contributed by atoms with Gasteiger partial charge in [0.15, 0.2) is 0 Å². The number of anilines is 1. The highest BCUT2D eigenvalue weighted by atomic mass is 16.2. The van der Waals surface area contributed by atoms with Crippen LogP contribution in [0, 0.1) is 5.92 Å². The number of hydrogen-bond donors (Lipinski definition) is 2. The number of fused-ring (bicyclic) bond motifs is 1. The molecule has 2 aromatic heterocycles. The molecule has 0 radical (unpaired) electrons. The van der Waals surface area contributed by atoms with Crippen molar-refractivity contribution in [2.45, 2.75) is 26.3 Å². The maximum atomic E-state index is 13.0. The minimum absolute atomic E-state index is 0.0504. The summed E-state index contributed by atoms with van der Waals surface area (Å²) in [6.45, 7) is 3.78. The molecule has 1 aliphatic rings. The van der Waals surface area contributed by atoms with E-state index in [1.807, 2.05) is 49.4 Å². The molecule has 1 saturated heterocycles. The van der Waals surface area contributed by atoms with E-state index in [0.717, 1.165) is 47.2 Å². The molecule has 2 N–H and O–H groups in total. The van der Waals surface area contributed by atoms with E-state index in [1.165, 1.54) is 0 Å². The summed E-state index contributed by atoms with van der Waals surface area (Å²) in [5, 5.41) is 8.41. The molecule has 5 rings (SSSR count). The number of H-pyrrole nitrogens is 1. The van der Waals surface area contributed by atoms with Gasteiger partial charge in [-0.15, -0.1) is 0 Å². The molecule has 0 spiro atoms. The Balaban J connectivity index is 1.27. The van der Waals surface area contributed by atoms with Gasteiger partial charge in [-0.25, -0.2) is 0 Å². The molecule has 1 unspecified atom stereocenters. The molecule has 0 aliphatic carbocycles. The summed E-state index contributed by atoms with van der Waals surface area (Å²) in [5.41, 5.74) is 4.43. The third-order valence-corrected chi connectivity index (χ3v) is 6.25. The molecule has 3 heterocycles. The lowest BCUT2D eigenvalue weighted by Gasteiger charge is -2.31. The number of aryl methyl sites for hydroxylation is 1. The van der Waals surface area contributed by atoms with Crippen LogP contribution in [-0.2, 0) is 11.3 Å². The van der Waals surface area contributed by atoms with Crippen molar-refractivity contribution in [2.75, 3.05) is 18.4 Å². The van der Waals surface area contributed by atoms with Crippen molar-refractivity contribution in [3.05, 3.63) is 72.6 Å². The van der Waals surface area contributed by atoms with Gasteiger partial charge in [-0.1, -0.05) is 30.3 Å². The average Bonchev–Trinajstić information content (AvgIpc) is 3.51. The lowest BCUT2D eigenvalue weighted by molar-refractivity contribution is -0.121. The Bertz CT molecular complexity index is 1270. The van der Waals surface area contributed by atoms with Gasteiger partial charge in [0.1, 0.15) is 0 Å². The zero-order valence-electron chi connectivity index (χ0n) is 18.6. The standard InChI is InChI=1S/C26H27N5O2/c1-2-31-17-21(15-27-31)26(33)30-12-6-9-20(16-30)25(32)28-22-10-5-8-18(13-22)24-14-19-7-3-4-11-23(19)29-24/h3-5,7-8,10-11,13-15,17,20,29H,2,6,9,12,16H2,1H3,(H,28,32). The molecule has 2 amide bonds. The maximum absolute atomic E-state index is 13.0. The third-order valence-electron chi connectivity index (χ3n) is 6.25. The van der Waals surface area contributed by atoms with E-state index in [9.17, 15) is 9.59 Å². The topological polar surface area (TPSA) is 83.0 Å². The SMILES string of the molecule is CCn1cc(C(=O)N2CCCC(C(=O)Nc3cccc(-c4cc5ccccc5[nH]4)c3)C2)cn1. The lowest BCUT2D eigenvalue weighted by atomic mass is 9.96. The Morgan fingerprint density at radius 1 is 1.15 bits per heavy atom. The number of nitrogens with one attached hydrogen (secondary N) is 2. The number of carbonyl (C=O) groups excluding carboxylic acids is 2. The Kier molecular flexibility index (Phi) is 5.69. The zero-order valence-corrected chi connectivity index (χ0v) is 18.6. The van der Waals surface area contributed by atoms with Gasteiger partial charge < -0.3 is 15.2 Å². The van der Waals surface area contributed by atoms with Gasteiger partial charge in [-0.3, -0.25) is 14.3 Å². The molecular formula is C26H27N5O2. The number of para-hydroxylation sites is 1. The zero-order chi connectivity index (χ0) is 22.8. The van der Waals surface area contributed by atoms with E-state index in [1.54, 1.807) is 22.0 Å². The van der Waals surface area contributed by atoms with Crippen molar-refractivity contribution in [1.29, 1.82) is 0 Å². The molecule has 1 atom stereocenters. The van der Waals surface area contributed by atoms with Crippen LogP contribution in [0.1, 0.15) is 30.1 Å². The number of aromatic nitrogens is 3. The van der Waals surface area contributed by atoms with Gasteiger partial charge in [-0.2, -0.15) is 5.10 Å². The molecule has 4 aromatic rings. The Morgan fingerprint density at radius 2 is 2.03 bits per heavy atom. The molecule has 1 fully saturated rings. The smallest absolute Gasteiger partial charge is 0.257 e. The van der Waals surface area contributed by atoms with E-state index in [-0.39, 0.29) is 17.7 Å². The van der Waals surface area contributed by atoms with Crippen LogP contribution in [0.3, 0.4) is 0 Å². The third kappa shape index (κ3) is 4.39. The quantitative estimate of drug-likeness (QED) is 0.477. The van der Waals surface area contributed by atoms with Crippen molar-refractivity contribution in [2.24, 2.45) is 5.92 Å². The number of piperidine rings is 1. The number of aromatic amines is 1. The minimum Gasteiger partial charge on any atom is -0.355 e. The predicted octanol–water partition coefficient (Wildman–Crippen LogP) is 4.54. The fourth-order valence-electron chi connectivity index (χ4n) is 4.44. The summed E-state index contributed by atoms with van der Waals surface area (Å²) >= 11 is 0. The number of likely N-dealkylation sites (tertiary alicyclic amines) is 1. The van der Waals surface area contributed by atoms with Crippen LogP contribution >= 0.6 is 0 Å². The minimum atomic E-state index is -0.236. The summed E-state index contributed by atoms with van der Waals surface area (Å²) in [5.74, 6) is -0.348. The molecule has 7 heteroatoms. The Labute approximate surface area is 192 Å². The monoisotopic (exact) mass is 441 g/mol. The van der Waals surface area contributed by atoms with E-state index >= 15 is 0 Å². The van der Waals surface area contributed by atoms with Crippen molar-refractivity contribution in [3.63, 3.8) is 0 Å². The van der Waals surface area contributed by atoms with E-state index in [0.29, 0.717) is 18.7 Å². The number of amides is 2. The summed E-state index contributed by atoms with van der Waals surface area (Å²) in [6.07, 6.45) is 4.94. The Hall–Kier alpha value is -3.87. The number of carbonyl (C=O) groups is 2. The molecular weight excluding hydrogens is 414 g/mol. The summed E-state index contributed by atoms with van der Waals surface area (Å²) in [7, 11) is 0. The van der Waals surface area contributed by atoms with Crippen LogP contribution in [0.4, 0.5) is 5.69 Å². The summed E-state index contributed by atoms with van der Waals surface area (Å²) in [6, 6.07) is 18.1. The number of benzene rings is 2. The molecule has 0 saturated carbocycles. The van der Waals surface area contributed by atoms with Gasteiger partial charge in [-0.05, 0) is 44.0 Å². The maximum Gasteiger partial charge on any atom is 0.257 e. The summed E-state index contributed by atoms with van der Waals surface area (Å²) < 4.78 is 1.74. The number of hydrogen-bond acceptors (Lipinski definition) is 3. The molecule has 0 bridgehead atoms. The molecule has 168 valence electrons. The van der Waals surface area contributed by atoms with Crippen molar-refractivity contribution < 1.29 is 9.59 Å². The average molecular weight is 442 g/mol. The van der Waals surface area contributed by atoms with Gasteiger partial charge in [0.2, 0.25) is 5.91 Å². The predicted molar refractivity (Wildman–Crippen MR) is 129 cm³/mol. The van der Waals surface area contributed by atoms with E-state index in [2.05, 4.69) is 27.5 Å². The largest absolute Gasteiger partial charge is 0.355 e.